The van der Waals surface area contributed by atoms with Gasteiger partial charge in [0.05, 0.1) is 0 Å². The van der Waals surface area contributed by atoms with Gasteiger partial charge in [0.1, 0.15) is 5.82 Å². The van der Waals surface area contributed by atoms with Gasteiger partial charge in [-0.15, -0.1) is 0 Å². The monoisotopic (exact) mass is 402 g/mol. The van der Waals surface area contributed by atoms with Crippen LogP contribution < -0.4 is 5.32 Å². The van der Waals surface area contributed by atoms with E-state index in [1.807, 2.05) is 24.3 Å². The number of amides is 1. The molecule has 0 aliphatic carbocycles. The summed E-state index contributed by atoms with van der Waals surface area (Å²) in [5, 5.41) is 2.87. The fraction of sp³-hybridized carbons (Fsp3) is 0.200. The lowest BCUT2D eigenvalue weighted by molar-refractivity contribution is 0.101. The Labute approximate surface area is 175 Å². The Hall–Kier alpha value is -3.31. The van der Waals surface area contributed by atoms with Crippen molar-refractivity contribution in [2.24, 2.45) is 0 Å². The molecule has 1 aliphatic rings. The number of carbonyl (C=O) groups is 2. The zero-order valence-corrected chi connectivity index (χ0v) is 16.8. The predicted molar refractivity (Wildman–Crippen MR) is 115 cm³/mol. The fourth-order valence-electron chi connectivity index (χ4n) is 3.78. The SMILES string of the molecule is CC(=O)c1ccc(NC(=O)c2cccc(CN3CCc4cc(F)ccc4C3)c2)cc1. The van der Waals surface area contributed by atoms with Crippen LogP contribution in [0.5, 0.6) is 0 Å². The number of ketones is 1. The van der Waals surface area contributed by atoms with Gasteiger partial charge in [0, 0.05) is 36.4 Å². The van der Waals surface area contributed by atoms with Gasteiger partial charge in [-0.05, 0) is 78.6 Å². The first-order valence-electron chi connectivity index (χ1n) is 9.99. The second-order valence-corrected chi connectivity index (χ2v) is 7.66. The number of fused-ring (bicyclic) bond motifs is 1. The predicted octanol–water partition coefficient (Wildman–Crippen LogP) is 4.84. The first-order valence-corrected chi connectivity index (χ1v) is 9.99. The van der Waals surface area contributed by atoms with E-state index in [0.717, 1.165) is 42.7 Å². The zero-order valence-electron chi connectivity index (χ0n) is 16.8. The van der Waals surface area contributed by atoms with Gasteiger partial charge >= 0.3 is 0 Å². The first-order chi connectivity index (χ1) is 14.5. The topological polar surface area (TPSA) is 49.4 Å². The molecule has 30 heavy (non-hydrogen) atoms. The van der Waals surface area contributed by atoms with Crippen molar-refractivity contribution in [2.45, 2.75) is 26.4 Å². The van der Waals surface area contributed by atoms with E-state index in [-0.39, 0.29) is 17.5 Å². The molecule has 0 atom stereocenters. The number of Topliss-reactive ketones (excluding diaryl/α,β-unsaturated/α-hetero) is 1. The first kappa shape index (κ1) is 20.0. The van der Waals surface area contributed by atoms with Crippen LogP contribution in [0.4, 0.5) is 10.1 Å². The molecular formula is C25H23FN2O2. The summed E-state index contributed by atoms with van der Waals surface area (Å²) in [4.78, 5) is 26.3. The van der Waals surface area contributed by atoms with Gasteiger partial charge in [0.2, 0.25) is 0 Å². The average Bonchev–Trinajstić information content (AvgIpc) is 2.74. The maximum absolute atomic E-state index is 13.4. The van der Waals surface area contributed by atoms with Crippen LogP contribution in [-0.2, 0) is 19.5 Å². The van der Waals surface area contributed by atoms with E-state index < -0.39 is 0 Å². The van der Waals surface area contributed by atoms with Crippen molar-refractivity contribution < 1.29 is 14.0 Å². The van der Waals surface area contributed by atoms with Gasteiger partial charge in [-0.2, -0.15) is 0 Å². The average molecular weight is 402 g/mol. The third-order valence-electron chi connectivity index (χ3n) is 5.40. The second-order valence-electron chi connectivity index (χ2n) is 7.66. The maximum Gasteiger partial charge on any atom is 0.255 e. The van der Waals surface area contributed by atoms with E-state index in [1.54, 1.807) is 36.4 Å². The highest BCUT2D eigenvalue weighted by Crippen LogP contribution is 2.22. The number of hydrogen-bond acceptors (Lipinski definition) is 3. The molecule has 152 valence electrons. The Morgan fingerprint density at radius 3 is 2.53 bits per heavy atom. The summed E-state index contributed by atoms with van der Waals surface area (Å²) in [6, 6.07) is 19.4. The molecule has 3 aromatic rings. The van der Waals surface area contributed by atoms with Gasteiger partial charge in [0.25, 0.3) is 5.91 Å². The van der Waals surface area contributed by atoms with Crippen molar-refractivity contribution in [3.63, 3.8) is 0 Å². The lowest BCUT2D eigenvalue weighted by atomic mass is 9.99. The Bertz CT molecular complexity index is 1090. The van der Waals surface area contributed by atoms with E-state index in [2.05, 4.69) is 10.2 Å². The van der Waals surface area contributed by atoms with Crippen LogP contribution in [-0.4, -0.2) is 23.1 Å². The van der Waals surface area contributed by atoms with Gasteiger partial charge in [0.15, 0.2) is 5.78 Å². The molecule has 4 nitrogen and oxygen atoms in total. The number of nitrogens with one attached hydrogen (secondary N) is 1. The normalized spacial score (nSPS) is 13.5. The molecule has 0 saturated carbocycles. The lowest BCUT2D eigenvalue weighted by Crippen LogP contribution is -2.30. The summed E-state index contributed by atoms with van der Waals surface area (Å²) in [6.45, 7) is 3.87. The van der Waals surface area contributed by atoms with Crippen LogP contribution in [0, 0.1) is 5.82 Å². The van der Waals surface area contributed by atoms with Gasteiger partial charge in [-0.3, -0.25) is 14.5 Å². The zero-order chi connectivity index (χ0) is 21.1. The molecule has 1 N–H and O–H groups in total. The quantitative estimate of drug-likeness (QED) is 0.622. The third-order valence-corrected chi connectivity index (χ3v) is 5.40. The Kier molecular flexibility index (Phi) is 5.72. The highest BCUT2D eigenvalue weighted by molar-refractivity contribution is 6.04. The van der Waals surface area contributed by atoms with Gasteiger partial charge in [-0.25, -0.2) is 4.39 Å². The highest BCUT2D eigenvalue weighted by Gasteiger charge is 2.17. The largest absolute Gasteiger partial charge is 0.322 e. The third kappa shape index (κ3) is 4.63. The molecule has 0 bridgehead atoms. The van der Waals surface area contributed by atoms with E-state index in [1.165, 1.54) is 13.0 Å². The number of nitrogens with zero attached hydrogens (tertiary/aromatic N) is 1. The number of anilines is 1. The van der Waals surface area contributed by atoms with Crippen LogP contribution in [0.2, 0.25) is 0 Å². The van der Waals surface area contributed by atoms with E-state index >= 15 is 0 Å². The van der Waals surface area contributed by atoms with Crippen molar-refractivity contribution in [3.8, 4) is 0 Å². The molecule has 1 aliphatic heterocycles. The molecule has 4 rings (SSSR count). The number of benzene rings is 3. The molecule has 1 amide bonds. The van der Waals surface area contributed by atoms with Crippen molar-refractivity contribution in [3.05, 3.63) is 100 Å². The number of hydrogen-bond donors (Lipinski definition) is 1. The van der Waals surface area contributed by atoms with E-state index in [0.29, 0.717) is 16.8 Å². The molecular weight excluding hydrogens is 379 g/mol. The van der Waals surface area contributed by atoms with Crippen LogP contribution in [0.3, 0.4) is 0 Å². The second kappa shape index (κ2) is 8.59. The fourth-order valence-corrected chi connectivity index (χ4v) is 3.78. The Morgan fingerprint density at radius 1 is 0.967 bits per heavy atom. The van der Waals surface area contributed by atoms with Gasteiger partial charge < -0.3 is 5.32 Å². The maximum atomic E-state index is 13.4. The molecule has 0 unspecified atom stereocenters. The van der Waals surface area contributed by atoms with Crippen LogP contribution in [0.15, 0.2) is 66.7 Å². The van der Waals surface area contributed by atoms with E-state index in [4.69, 9.17) is 0 Å². The minimum Gasteiger partial charge on any atom is -0.322 e. The smallest absolute Gasteiger partial charge is 0.255 e. The van der Waals surface area contributed by atoms with Crippen molar-refractivity contribution in [1.29, 1.82) is 0 Å². The summed E-state index contributed by atoms with van der Waals surface area (Å²) in [5.41, 5.74) is 5.14. The van der Waals surface area contributed by atoms with E-state index in [9.17, 15) is 14.0 Å². The number of halogens is 1. The molecule has 0 aromatic heterocycles. The summed E-state index contributed by atoms with van der Waals surface area (Å²) in [6.07, 6.45) is 0.823. The van der Waals surface area contributed by atoms with Crippen LogP contribution >= 0.6 is 0 Å². The Balaban J connectivity index is 1.41. The van der Waals surface area contributed by atoms with Crippen molar-refractivity contribution >= 4 is 17.4 Å². The summed E-state index contributed by atoms with van der Waals surface area (Å²) < 4.78 is 13.4. The molecule has 1 heterocycles. The molecule has 0 radical (unpaired) electrons. The van der Waals surface area contributed by atoms with Crippen LogP contribution in [0.25, 0.3) is 0 Å². The summed E-state index contributed by atoms with van der Waals surface area (Å²) in [5.74, 6) is -0.380. The molecule has 0 spiro atoms. The standard InChI is InChI=1S/C25H23FN2O2/c1-17(29)19-6-9-24(10-7-19)27-25(30)21-4-2-3-18(13-21)15-28-12-11-20-14-23(26)8-5-22(20)16-28/h2-10,13-14H,11-12,15-16H2,1H3,(H,27,30). The number of rotatable bonds is 5. The molecule has 3 aromatic carbocycles. The molecule has 0 saturated heterocycles. The van der Waals surface area contributed by atoms with Gasteiger partial charge in [-0.1, -0.05) is 18.2 Å². The summed E-state index contributed by atoms with van der Waals surface area (Å²) in [7, 11) is 0. The summed E-state index contributed by atoms with van der Waals surface area (Å²) >= 11 is 0. The Morgan fingerprint density at radius 2 is 1.77 bits per heavy atom. The van der Waals surface area contributed by atoms with Crippen molar-refractivity contribution in [2.75, 3.05) is 11.9 Å². The minimum atomic E-state index is -0.188. The highest BCUT2D eigenvalue weighted by atomic mass is 19.1. The number of carbonyl (C=O) groups excluding carboxylic acids is 2. The van der Waals surface area contributed by atoms with Crippen LogP contribution in [0.1, 0.15) is 44.3 Å². The van der Waals surface area contributed by atoms with Crippen molar-refractivity contribution in [1.82, 2.24) is 4.90 Å². The lowest BCUT2D eigenvalue weighted by Gasteiger charge is -2.28. The minimum absolute atomic E-state index is 0.00829. The molecule has 5 heteroatoms. The molecule has 0 fully saturated rings.